The van der Waals surface area contributed by atoms with Crippen molar-refractivity contribution in [2.45, 2.75) is 31.3 Å². The van der Waals surface area contributed by atoms with E-state index in [9.17, 15) is 4.39 Å². The smallest absolute Gasteiger partial charge is 0.123 e. The lowest BCUT2D eigenvalue weighted by molar-refractivity contribution is 0.289. The Morgan fingerprint density at radius 2 is 1.63 bits per heavy atom. The van der Waals surface area contributed by atoms with Crippen LogP contribution in [0.3, 0.4) is 0 Å². The van der Waals surface area contributed by atoms with Gasteiger partial charge in [0.15, 0.2) is 0 Å². The standard InChI is InChI=1S/C17H18FN/c18-16-8-6-13(7-9-16)12-19-17-10-15(11-17)14-4-2-1-3-5-14/h1-9,15,17,19H,10-12H2. The zero-order valence-corrected chi connectivity index (χ0v) is 10.9. The van der Waals surface area contributed by atoms with Crippen molar-refractivity contribution in [2.24, 2.45) is 0 Å². The summed E-state index contributed by atoms with van der Waals surface area (Å²) in [7, 11) is 0. The Morgan fingerprint density at radius 3 is 2.32 bits per heavy atom. The molecule has 1 N–H and O–H groups in total. The molecular formula is C17H18FN. The number of nitrogens with one attached hydrogen (secondary N) is 1. The molecule has 1 fully saturated rings. The molecule has 19 heavy (non-hydrogen) atoms. The maximum Gasteiger partial charge on any atom is 0.123 e. The Bertz CT molecular complexity index is 515. The van der Waals surface area contributed by atoms with Crippen LogP contribution in [0.1, 0.15) is 29.9 Å². The average molecular weight is 255 g/mol. The fourth-order valence-corrected chi connectivity index (χ4v) is 2.65. The summed E-state index contributed by atoms with van der Waals surface area (Å²) in [5.74, 6) is 0.531. The highest BCUT2D eigenvalue weighted by Gasteiger charge is 2.29. The van der Waals surface area contributed by atoms with E-state index in [-0.39, 0.29) is 5.82 Å². The van der Waals surface area contributed by atoms with Gasteiger partial charge < -0.3 is 5.32 Å². The summed E-state index contributed by atoms with van der Waals surface area (Å²) in [5, 5.41) is 3.53. The zero-order valence-electron chi connectivity index (χ0n) is 10.9. The maximum absolute atomic E-state index is 12.8. The van der Waals surface area contributed by atoms with Gasteiger partial charge in [0.1, 0.15) is 5.82 Å². The number of hydrogen-bond donors (Lipinski definition) is 1. The molecule has 0 saturated heterocycles. The van der Waals surface area contributed by atoms with Gasteiger partial charge >= 0.3 is 0 Å². The number of benzene rings is 2. The van der Waals surface area contributed by atoms with E-state index in [0.29, 0.717) is 12.0 Å². The fraction of sp³-hybridized carbons (Fsp3) is 0.294. The zero-order chi connectivity index (χ0) is 13.1. The minimum absolute atomic E-state index is 0.170. The van der Waals surface area contributed by atoms with Crippen LogP contribution < -0.4 is 5.32 Å². The third-order valence-corrected chi connectivity index (χ3v) is 3.92. The van der Waals surface area contributed by atoms with Crippen LogP contribution >= 0.6 is 0 Å². The van der Waals surface area contributed by atoms with Crippen molar-refractivity contribution >= 4 is 0 Å². The van der Waals surface area contributed by atoms with E-state index in [4.69, 9.17) is 0 Å². The molecule has 0 bridgehead atoms. The number of halogens is 1. The fourth-order valence-electron chi connectivity index (χ4n) is 2.65. The van der Waals surface area contributed by atoms with Crippen LogP contribution in [0.4, 0.5) is 4.39 Å². The van der Waals surface area contributed by atoms with Crippen molar-refractivity contribution in [2.75, 3.05) is 0 Å². The van der Waals surface area contributed by atoms with E-state index in [1.54, 1.807) is 0 Å². The molecule has 0 amide bonds. The minimum Gasteiger partial charge on any atom is -0.310 e. The van der Waals surface area contributed by atoms with Gasteiger partial charge in [-0.15, -0.1) is 0 Å². The average Bonchev–Trinajstić information content (AvgIpc) is 2.40. The number of hydrogen-bond acceptors (Lipinski definition) is 1. The van der Waals surface area contributed by atoms with Crippen LogP contribution in [0.5, 0.6) is 0 Å². The van der Waals surface area contributed by atoms with E-state index in [1.165, 1.54) is 30.5 Å². The second-order valence-corrected chi connectivity index (χ2v) is 5.28. The van der Waals surface area contributed by atoms with Gasteiger partial charge in [-0.3, -0.25) is 0 Å². The first kappa shape index (κ1) is 12.4. The van der Waals surface area contributed by atoms with E-state index in [0.717, 1.165) is 12.1 Å². The molecule has 0 heterocycles. The first-order valence-electron chi connectivity index (χ1n) is 6.84. The van der Waals surface area contributed by atoms with Crippen LogP contribution in [0.2, 0.25) is 0 Å². The summed E-state index contributed by atoms with van der Waals surface area (Å²) in [6, 6.07) is 18.0. The van der Waals surface area contributed by atoms with Crippen molar-refractivity contribution in [3.63, 3.8) is 0 Å². The summed E-state index contributed by atoms with van der Waals surface area (Å²) in [6.45, 7) is 0.826. The molecule has 0 unspecified atom stereocenters. The lowest BCUT2D eigenvalue weighted by atomic mass is 9.76. The Hall–Kier alpha value is -1.67. The Morgan fingerprint density at radius 1 is 0.947 bits per heavy atom. The molecule has 1 saturated carbocycles. The Labute approximate surface area is 113 Å². The molecule has 0 aliphatic heterocycles. The normalized spacial score (nSPS) is 21.9. The lowest BCUT2D eigenvalue weighted by Gasteiger charge is -2.36. The van der Waals surface area contributed by atoms with Crippen molar-refractivity contribution in [1.82, 2.24) is 5.32 Å². The summed E-state index contributed by atoms with van der Waals surface area (Å²) < 4.78 is 12.8. The summed E-state index contributed by atoms with van der Waals surface area (Å²) in [5.41, 5.74) is 2.59. The van der Waals surface area contributed by atoms with Gasteiger partial charge in [0.2, 0.25) is 0 Å². The second kappa shape index (κ2) is 5.54. The van der Waals surface area contributed by atoms with E-state index >= 15 is 0 Å². The van der Waals surface area contributed by atoms with Crippen LogP contribution in [-0.2, 0) is 6.54 Å². The van der Waals surface area contributed by atoms with Gasteiger partial charge in [-0.05, 0) is 42.0 Å². The van der Waals surface area contributed by atoms with Crippen LogP contribution in [-0.4, -0.2) is 6.04 Å². The highest BCUT2D eigenvalue weighted by atomic mass is 19.1. The van der Waals surface area contributed by atoms with Crippen LogP contribution in [0, 0.1) is 5.82 Å². The van der Waals surface area contributed by atoms with E-state index in [2.05, 4.69) is 35.6 Å². The molecular weight excluding hydrogens is 237 g/mol. The van der Waals surface area contributed by atoms with Crippen molar-refractivity contribution in [3.8, 4) is 0 Å². The van der Waals surface area contributed by atoms with E-state index < -0.39 is 0 Å². The first-order chi connectivity index (χ1) is 9.31. The molecule has 3 rings (SSSR count). The van der Waals surface area contributed by atoms with E-state index in [1.807, 2.05) is 12.1 Å². The molecule has 0 atom stereocenters. The minimum atomic E-state index is -0.170. The number of rotatable bonds is 4. The van der Waals surface area contributed by atoms with Gasteiger partial charge in [-0.1, -0.05) is 42.5 Å². The quantitative estimate of drug-likeness (QED) is 0.874. The van der Waals surface area contributed by atoms with Gasteiger partial charge in [0.05, 0.1) is 0 Å². The molecule has 1 nitrogen and oxygen atoms in total. The van der Waals surface area contributed by atoms with Gasteiger partial charge in [0.25, 0.3) is 0 Å². The van der Waals surface area contributed by atoms with Crippen molar-refractivity contribution < 1.29 is 4.39 Å². The molecule has 2 heteroatoms. The monoisotopic (exact) mass is 255 g/mol. The van der Waals surface area contributed by atoms with Crippen LogP contribution in [0.25, 0.3) is 0 Å². The SMILES string of the molecule is Fc1ccc(CNC2CC(c3ccccc3)C2)cc1. The van der Waals surface area contributed by atoms with Crippen molar-refractivity contribution in [3.05, 3.63) is 71.5 Å². The first-order valence-corrected chi connectivity index (χ1v) is 6.84. The third kappa shape index (κ3) is 3.02. The van der Waals surface area contributed by atoms with Crippen molar-refractivity contribution in [1.29, 1.82) is 0 Å². The molecule has 1 aliphatic carbocycles. The molecule has 2 aromatic rings. The Kier molecular flexibility index (Phi) is 3.60. The molecule has 0 aromatic heterocycles. The maximum atomic E-state index is 12.8. The Balaban J connectivity index is 1.46. The molecule has 0 radical (unpaired) electrons. The molecule has 98 valence electrons. The van der Waals surface area contributed by atoms with Gasteiger partial charge in [-0.2, -0.15) is 0 Å². The molecule has 2 aromatic carbocycles. The predicted molar refractivity (Wildman–Crippen MR) is 75.4 cm³/mol. The summed E-state index contributed by atoms with van der Waals surface area (Å²) >= 11 is 0. The van der Waals surface area contributed by atoms with Crippen LogP contribution in [0.15, 0.2) is 54.6 Å². The lowest BCUT2D eigenvalue weighted by Crippen LogP contribution is -2.39. The molecule has 0 spiro atoms. The predicted octanol–water partition coefficient (Wildman–Crippen LogP) is 3.86. The highest BCUT2D eigenvalue weighted by molar-refractivity contribution is 5.23. The summed E-state index contributed by atoms with van der Waals surface area (Å²) in [6.07, 6.45) is 2.40. The summed E-state index contributed by atoms with van der Waals surface area (Å²) in [4.78, 5) is 0. The highest BCUT2D eigenvalue weighted by Crippen LogP contribution is 2.36. The van der Waals surface area contributed by atoms with Gasteiger partial charge in [-0.25, -0.2) is 4.39 Å². The third-order valence-electron chi connectivity index (χ3n) is 3.92. The van der Waals surface area contributed by atoms with Gasteiger partial charge in [0, 0.05) is 12.6 Å². The largest absolute Gasteiger partial charge is 0.310 e. The second-order valence-electron chi connectivity index (χ2n) is 5.28. The molecule has 1 aliphatic rings. The topological polar surface area (TPSA) is 12.0 Å².